The van der Waals surface area contributed by atoms with Gasteiger partial charge in [-0.1, -0.05) is 12.1 Å². The van der Waals surface area contributed by atoms with Crippen molar-refractivity contribution in [3.8, 4) is 6.07 Å². The smallest absolute Gasteiger partial charge is 0.410 e. The first-order chi connectivity index (χ1) is 11.8. The molecule has 1 aliphatic heterocycles. The van der Waals surface area contributed by atoms with Crippen LogP contribution in [0.15, 0.2) is 24.3 Å². The Hall–Kier alpha value is -2.55. The van der Waals surface area contributed by atoms with Gasteiger partial charge in [0, 0.05) is 13.1 Å². The van der Waals surface area contributed by atoms with E-state index in [1.807, 2.05) is 26.8 Å². The molecular weight excluding hydrogens is 320 g/mol. The Morgan fingerprint density at radius 1 is 1.28 bits per heavy atom. The van der Waals surface area contributed by atoms with E-state index in [9.17, 15) is 9.59 Å². The van der Waals surface area contributed by atoms with Gasteiger partial charge in [0.05, 0.1) is 17.6 Å². The molecule has 0 aromatic heterocycles. The van der Waals surface area contributed by atoms with E-state index >= 15 is 0 Å². The molecule has 1 amide bonds. The molecular formula is C19H24N2O4. The predicted octanol–water partition coefficient (Wildman–Crippen LogP) is 3.25. The van der Waals surface area contributed by atoms with Gasteiger partial charge in [-0.05, 0) is 51.3 Å². The minimum atomic E-state index is -0.523. The van der Waals surface area contributed by atoms with Crippen LogP contribution < -0.4 is 0 Å². The molecule has 1 aromatic carbocycles. The highest BCUT2D eigenvalue weighted by molar-refractivity contribution is 5.73. The van der Waals surface area contributed by atoms with Gasteiger partial charge in [-0.2, -0.15) is 5.26 Å². The topological polar surface area (TPSA) is 79.6 Å². The van der Waals surface area contributed by atoms with Crippen molar-refractivity contribution in [2.24, 2.45) is 5.92 Å². The molecule has 1 heterocycles. The summed E-state index contributed by atoms with van der Waals surface area (Å²) in [6.45, 7) is 6.61. The van der Waals surface area contributed by atoms with Gasteiger partial charge < -0.3 is 14.4 Å². The van der Waals surface area contributed by atoms with E-state index in [4.69, 9.17) is 14.7 Å². The van der Waals surface area contributed by atoms with Crippen LogP contribution in [0.5, 0.6) is 0 Å². The maximum Gasteiger partial charge on any atom is 0.410 e. The van der Waals surface area contributed by atoms with E-state index in [0.717, 1.165) is 5.56 Å². The standard InChI is InChI=1S/C19H24N2O4/c1-19(2,3)25-18(23)21-9-7-16(8-10-21)17(22)24-13-15-6-4-5-14(11-15)12-20/h4-6,11,16H,7-10,13H2,1-3H3. The normalized spacial score (nSPS) is 15.4. The zero-order valence-electron chi connectivity index (χ0n) is 14.9. The Balaban J connectivity index is 1.79. The molecule has 1 saturated heterocycles. The van der Waals surface area contributed by atoms with Crippen molar-refractivity contribution in [2.75, 3.05) is 13.1 Å². The third-order valence-corrected chi connectivity index (χ3v) is 3.92. The van der Waals surface area contributed by atoms with Crippen LogP contribution in [0.25, 0.3) is 0 Å². The first-order valence-electron chi connectivity index (χ1n) is 8.42. The fourth-order valence-electron chi connectivity index (χ4n) is 2.63. The Labute approximate surface area is 148 Å². The number of likely N-dealkylation sites (tertiary alicyclic amines) is 1. The van der Waals surface area contributed by atoms with Crippen LogP contribution in [-0.4, -0.2) is 35.7 Å². The highest BCUT2D eigenvalue weighted by Crippen LogP contribution is 2.21. The van der Waals surface area contributed by atoms with Gasteiger partial charge in [0.15, 0.2) is 0 Å². The highest BCUT2D eigenvalue weighted by Gasteiger charge is 2.30. The second kappa shape index (κ2) is 8.02. The molecule has 0 atom stereocenters. The zero-order valence-corrected chi connectivity index (χ0v) is 14.9. The summed E-state index contributed by atoms with van der Waals surface area (Å²) in [5.74, 6) is -0.468. The van der Waals surface area contributed by atoms with Crippen LogP contribution in [0.4, 0.5) is 4.79 Å². The van der Waals surface area contributed by atoms with Gasteiger partial charge >= 0.3 is 12.1 Å². The summed E-state index contributed by atoms with van der Waals surface area (Å²) in [6.07, 6.45) is 0.791. The first kappa shape index (κ1) is 18.8. The summed E-state index contributed by atoms with van der Waals surface area (Å²) in [5, 5.41) is 8.88. The van der Waals surface area contributed by atoms with Gasteiger partial charge in [-0.15, -0.1) is 0 Å². The van der Waals surface area contributed by atoms with Crippen LogP contribution in [0.3, 0.4) is 0 Å². The molecule has 0 bridgehead atoms. The number of ether oxygens (including phenoxy) is 2. The molecule has 25 heavy (non-hydrogen) atoms. The molecule has 6 heteroatoms. The number of amides is 1. The van der Waals surface area contributed by atoms with Crippen LogP contribution in [-0.2, 0) is 20.9 Å². The molecule has 0 saturated carbocycles. The summed E-state index contributed by atoms with van der Waals surface area (Å²) in [4.78, 5) is 25.9. The van der Waals surface area contributed by atoms with E-state index in [2.05, 4.69) is 6.07 Å². The lowest BCUT2D eigenvalue weighted by Crippen LogP contribution is -2.43. The van der Waals surface area contributed by atoms with E-state index in [-0.39, 0.29) is 24.6 Å². The number of carbonyl (C=O) groups excluding carboxylic acids is 2. The highest BCUT2D eigenvalue weighted by atomic mass is 16.6. The molecule has 2 rings (SSSR count). The second-order valence-corrected chi connectivity index (χ2v) is 7.16. The van der Waals surface area contributed by atoms with Crippen LogP contribution in [0, 0.1) is 17.2 Å². The average molecular weight is 344 g/mol. The summed E-state index contributed by atoms with van der Waals surface area (Å²) >= 11 is 0. The molecule has 134 valence electrons. The zero-order chi connectivity index (χ0) is 18.4. The summed E-state index contributed by atoms with van der Waals surface area (Å²) in [6, 6.07) is 9.06. The second-order valence-electron chi connectivity index (χ2n) is 7.16. The van der Waals surface area contributed by atoms with Crippen molar-refractivity contribution in [3.05, 3.63) is 35.4 Å². The average Bonchev–Trinajstić information content (AvgIpc) is 2.58. The van der Waals surface area contributed by atoms with Gasteiger partial charge in [0.1, 0.15) is 12.2 Å². The molecule has 1 aliphatic rings. The fourth-order valence-corrected chi connectivity index (χ4v) is 2.63. The third-order valence-electron chi connectivity index (χ3n) is 3.92. The number of hydrogen-bond donors (Lipinski definition) is 0. The molecule has 0 radical (unpaired) electrons. The Morgan fingerprint density at radius 2 is 1.96 bits per heavy atom. The van der Waals surface area contributed by atoms with E-state index in [0.29, 0.717) is 31.5 Å². The number of benzene rings is 1. The van der Waals surface area contributed by atoms with E-state index in [1.54, 1.807) is 23.1 Å². The lowest BCUT2D eigenvalue weighted by atomic mass is 9.97. The third kappa shape index (κ3) is 5.79. The first-order valence-corrected chi connectivity index (χ1v) is 8.42. The van der Waals surface area contributed by atoms with Crippen LogP contribution in [0.1, 0.15) is 44.7 Å². The molecule has 0 unspecified atom stereocenters. The van der Waals surface area contributed by atoms with Crippen molar-refractivity contribution < 1.29 is 19.1 Å². The van der Waals surface area contributed by atoms with E-state index < -0.39 is 5.60 Å². The number of nitrogens with zero attached hydrogens (tertiary/aromatic N) is 2. The lowest BCUT2D eigenvalue weighted by molar-refractivity contribution is -0.151. The Kier molecular flexibility index (Phi) is 6.02. The molecule has 1 aromatic rings. The summed E-state index contributed by atoms with van der Waals surface area (Å²) in [5.41, 5.74) is 0.808. The molecule has 0 spiro atoms. The summed E-state index contributed by atoms with van der Waals surface area (Å²) < 4.78 is 10.7. The van der Waals surface area contributed by atoms with Crippen molar-refractivity contribution >= 4 is 12.1 Å². The van der Waals surface area contributed by atoms with Crippen molar-refractivity contribution in [1.82, 2.24) is 4.90 Å². The largest absolute Gasteiger partial charge is 0.461 e. The Morgan fingerprint density at radius 3 is 2.56 bits per heavy atom. The minimum absolute atomic E-state index is 0.153. The van der Waals surface area contributed by atoms with Crippen molar-refractivity contribution in [1.29, 1.82) is 5.26 Å². The predicted molar refractivity (Wildman–Crippen MR) is 91.5 cm³/mol. The van der Waals surface area contributed by atoms with E-state index in [1.165, 1.54) is 0 Å². The monoisotopic (exact) mass is 344 g/mol. The fraction of sp³-hybridized carbons (Fsp3) is 0.526. The quantitative estimate of drug-likeness (QED) is 0.786. The maximum atomic E-state index is 12.2. The number of rotatable bonds is 3. The number of hydrogen-bond acceptors (Lipinski definition) is 5. The van der Waals surface area contributed by atoms with Gasteiger partial charge in [0.25, 0.3) is 0 Å². The number of piperidine rings is 1. The Bertz CT molecular complexity index is 665. The minimum Gasteiger partial charge on any atom is -0.461 e. The molecule has 1 fully saturated rings. The van der Waals surface area contributed by atoms with Gasteiger partial charge in [-0.3, -0.25) is 4.79 Å². The SMILES string of the molecule is CC(C)(C)OC(=O)N1CCC(C(=O)OCc2cccc(C#N)c2)CC1. The molecule has 6 nitrogen and oxygen atoms in total. The van der Waals surface area contributed by atoms with Crippen LogP contribution in [0.2, 0.25) is 0 Å². The summed E-state index contributed by atoms with van der Waals surface area (Å²) in [7, 11) is 0. The molecule has 0 aliphatic carbocycles. The number of esters is 1. The van der Waals surface area contributed by atoms with Crippen molar-refractivity contribution in [3.63, 3.8) is 0 Å². The number of nitriles is 1. The lowest BCUT2D eigenvalue weighted by Gasteiger charge is -2.32. The van der Waals surface area contributed by atoms with Crippen LogP contribution >= 0.6 is 0 Å². The van der Waals surface area contributed by atoms with Gasteiger partial charge in [0.2, 0.25) is 0 Å². The number of carbonyl (C=O) groups is 2. The van der Waals surface area contributed by atoms with Gasteiger partial charge in [-0.25, -0.2) is 4.79 Å². The maximum absolute atomic E-state index is 12.2. The van der Waals surface area contributed by atoms with Crippen molar-refractivity contribution in [2.45, 2.75) is 45.8 Å². The molecule has 0 N–H and O–H groups in total.